The molecule has 9 nitrogen and oxygen atoms in total. The molecule has 2 heterocycles. The Morgan fingerprint density at radius 1 is 1.32 bits per heavy atom. The average Bonchev–Trinajstić information content (AvgIpc) is 3.12. The summed E-state index contributed by atoms with van der Waals surface area (Å²) in [6, 6.07) is 9.73. The summed E-state index contributed by atoms with van der Waals surface area (Å²) in [7, 11) is 0. The molecular weight excluding hydrogens is 364 g/mol. The van der Waals surface area contributed by atoms with Gasteiger partial charge in [0, 0.05) is 11.9 Å². The van der Waals surface area contributed by atoms with Gasteiger partial charge in [-0.2, -0.15) is 0 Å². The molecule has 1 aromatic carbocycles. The Labute approximate surface area is 161 Å². The molecule has 28 heavy (non-hydrogen) atoms. The van der Waals surface area contributed by atoms with Crippen LogP contribution in [0.25, 0.3) is 0 Å². The Bertz CT molecular complexity index is 901. The Morgan fingerprint density at radius 2 is 2.14 bits per heavy atom. The van der Waals surface area contributed by atoms with Crippen LogP contribution in [0.4, 0.5) is 10.5 Å². The first kappa shape index (κ1) is 19.2. The van der Waals surface area contributed by atoms with Crippen LogP contribution in [-0.2, 0) is 9.53 Å². The van der Waals surface area contributed by atoms with Crippen LogP contribution in [0.2, 0.25) is 0 Å². The van der Waals surface area contributed by atoms with Crippen LogP contribution >= 0.6 is 0 Å². The molecule has 1 fully saturated rings. The Balaban J connectivity index is 1.56. The lowest BCUT2D eigenvalue weighted by atomic mass is 10.1. The minimum absolute atomic E-state index is 0.145. The normalized spacial score (nSPS) is 14.3. The van der Waals surface area contributed by atoms with Crippen LogP contribution in [0.1, 0.15) is 29.0 Å². The molecule has 0 bridgehead atoms. The zero-order chi connectivity index (χ0) is 20.1. The van der Waals surface area contributed by atoms with Gasteiger partial charge in [-0.25, -0.2) is 9.78 Å². The summed E-state index contributed by atoms with van der Waals surface area (Å²) in [6.07, 6.45) is 0.981. The summed E-state index contributed by atoms with van der Waals surface area (Å²) in [5.74, 6) is -1.30. The van der Waals surface area contributed by atoms with Crippen LogP contribution in [0.5, 0.6) is 5.75 Å². The average molecular weight is 384 g/mol. The Hall–Kier alpha value is -3.62. The standard InChI is InChI=1S/C19H20N4O5/c1-12(13-4-2-5-14(10-13)23-8-9-28-19(23)27)22-16(25)11-21-18(26)17-15(24)6-3-7-20-17/h2-7,10,12,24H,8-9,11H2,1H3,(H,21,26)(H,22,25)/t12-/m1/s1. The molecule has 1 aliphatic rings. The third kappa shape index (κ3) is 4.37. The number of nitrogens with zero attached hydrogens (tertiary/aromatic N) is 2. The number of ether oxygens (including phenoxy) is 1. The van der Waals surface area contributed by atoms with Gasteiger partial charge < -0.3 is 20.5 Å². The number of amides is 3. The predicted molar refractivity (Wildman–Crippen MR) is 99.9 cm³/mol. The van der Waals surface area contributed by atoms with Crippen LogP contribution < -0.4 is 15.5 Å². The maximum atomic E-state index is 12.1. The number of nitrogens with one attached hydrogen (secondary N) is 2. The summed E-state index contributed by atoms with van der Waals surface area (Å²) in [5.41, 5.74) is 1.35. The first-order valence-electron chi connectivity index (χ1n) is 8.71. The number of hydrogen-bond donors (Lipinski definition) is 3. The number of hydrogen-bond acceptors (Lipinski definition) is 6. The molecule has 0 spiro atoms. The second kappa shape index (κ2) is 8.38. The summed E-state index contributed by atoms with van der Waals surface area (Å²) >= 11 is 0. The van der Waals surface area contributed by atoms with E-state index in [0.29, 0.717) is 18.8 Å². The van der Waals surface area contributed by atoms with Crippen molar-refractivity contribution in [2.45, 2.75) is 13.0 Å². The molecule has 1 aliphatic heterocycles. The fourth-order valence-corrected chi connectivity index (χ4v) is 2.78. The van der Waals surface area contributed by atoms with Gasteiger partial charge in [0.2, 0.25) is 5.91 Å². The fourth-order valence-electron chi connectivity index (χ4n) is 2.78. The molecule has 3 amide bonds. The van der Waals surface area contributed by atoms with E-state index < -0.39 is 17.9 Å². The van der Waals surface area contributed by atoms with E-state index in [0.717, 1.165) is 5.56 Å². The molecule has 2 aromatic rings. The number of pyridine rings is 1. The van der Waals surface area contributed by atoms with E-state index in [-0.39, 0.29) is 24.0 Å². The van der Waals surface area contributed by atoms with E-state index in [1.165, 1.54) is 23.2 Å². The number of carbonyl (C=O) groups excluding carboxylic acids is 3. The first-order chi connectivity index (χ1) is 13.5. The highest BCUT2D eigenvalue weighted by Crippen LogP contribution is 2.23. The zero-order valence-electron chi connectivity index (χ0n) is 15.2. The van der Waals surface area contributed by atoms with Gasteiger partial charge in [-0.05, 0) is 36.8 Å². The number of aromatic hydroxyl groups is 1. The number of benzene rings is 1. The van der Waals surface area contributed by atoms with Crippen molar-refractivity contribution in [3.63, 3.8) is 0 Å². The van der Waals surface area contributed by atoms with Crippen molar-refractivity contribution in [3.05, 3.63) is 53.9 Å². The highest BCUT2D eigenvalue weighted by atomic mass is 16.6. The van der Waals surface area contributed by atoms with E-state index in [1.54, 1.807) is 19.1 Å². The highest BCUT2D eigenvalue weighted by molar-refractivity contribution is 5.97. The summed E-state index contributed by atoms with van der Waals surface area (Å²) in [5, 5.41) is 14.8. The molecule has 1 aromatic heterocycles. The van der Waals surface area contributed by atoms with Gasteiger partial charge in [0.15, 0.2) is 5.69 Å². The molecule has 0 unspecified atom stereocenters. The fraction of sp³-hybridized carbons (Fsp3) is 0.263. The maximum absolute atomic E-state index is 12.1. The third-order valence-corrected chi connectivity index (χ3v) is 4.23. The first-order valence-corrected chi connectivity index (χ1v) is 8.71. The van der Waals surface area contributed by atoms with Crippen molar-refractivity contribution in [2.75, 3.05) is 24.6 Å². The summed E-state index contributed by atoms with van der Waals surface area (Å²) in [4.78, 5) is 41.1. The van der Waals surface area contributed by atoms with Crippen molar-refractivity contribution in [2.24, 2.45) is 0 Å². The van der Waals surface area contributed by atoms with Crippen molar-refractivity contribution < 1.29 is 24.2 Å². The van der Waals surface area contributed by atoms with E-state index >= 15 is 0 Å². The minimum atomic E-state index is -0.643. The lowest BCUT2D eigenvalue weighted by Gasteiger charge is -2.18. The van der Waals surface area contributed by atoms with Crippen molar-refractivity contribution in [1.82, 2.24) is 15.6 Å². The molecule has 1 saturated heterocycles. The Kier molecular flexibility index (Phi) is 5.73. The van der Waals surface area contributed by atoms with Crippen LogP contribution in [0.15, 0.2) is 42.6 Å². The molecular formula is C19H20N4O5. The summed E-state index contributed by atoms with van der Waals surface area (Å²) < 4.78 is 4.94. The van der Waals surface area contributed by atoms with Gasteiger partial charge in [0.1, 0.15) is 12.4 Å². The van der Waals surface area contributed by atoms with E-state index in [9.17, 15) is 19.5 Å². The third-order valence-electron chi connectivity index (χ3n) is 4.23. The van der Waals surface area contributed by atoms with Gasteiger partial charge in [-0.3, -0.25) is 14.5 Å². The van der Waals surface area contributed by atoms with Crippen LogP contribution in [-0.4, -0.2) is 47.7 Å². The van der Waals surface area contributed by atoms with Gasteiger partial charge in [0.05, 0.1) is 19.1 Å². The monoisotopic (exact) mass is 384 g/mol. The highest BCUT2D eigenvalue weighted by Gasteiger charge is 2.24. The summed E-state index contributed by atoms with van der Waals surface area (Å²) in [6.45, 7) is 2.36. The smallest absolute Gasteiger partial charge is 0.414 e. The van der Waals surface area contributed by atoms with Gasteiger partial charge in [-0.15, -0.1) is 0 Å². The van der Waals surface area contributed by atoms with Crippen molar-refractivity contribution in [3.8, 4) is 5.75 Å². The van der Waals surface area contributed by atoms with Crippen molar-refractivity contribution >= 4 is 23.6 Å². The van der Waals surface area contributed by atoms with Crippen LogP contribution in [0, 0.1) is 0 Å². The number of cyclic esters (lactones) is 1. The number of carbonyl (C=O) groups is 3. The number of anilines is 1. The van der Waals surface area contributed by atoms with E-state index in [1.807, 2.05) is 12.1 Å². The molecule has 0 radical (unpaired) electrons. The van der Waals surface area contributed by atoms with Gasteiger partial charge >= 0.3 is 6.09 Å². The van der Waals surface area contributed by atoms with Gasteiger partial charge in [-0.1, -0.05) is 12.1 Å². The molecule has 0 aliphatic carbocycles. The number of rotatable bonds is 6. The largest absolute Gasteiger partial charge is 0.505 e. The molecule has 146 valence electrons. The second-order valence-electron chi connectivity index (χ2n) is 6.20. The quantitative estimate of drug-likeness (QED) is 0.691. The molecule has 3 N–H and O–H groups in total. The maximum Gasteiger partial charge on any atom is 0.414 e. The Morgan fingerprint density at radius 3 is 2.86 bits per heavy atom. The van der Waals surface area contributed by atoms with Gasteiger partial charge in [0.25, 0.3) is 5.91 Å². The number of aromatic nitrogens is 1. The lowest BCUT2D eigenvalue weighted by Crippen LogP contribution is -2.38. The second-order valence-corrected chi connectivity index (χ2v) is 6.20. The molecule has 0 saturated carbocycles. The predicted octanol–water partition coefficient (Wildman–Crippen LogP) is 1.35. The molecule has 9 heteroatoms. The van der Waals surface area contributed by atoms with Crippen LogP contribution in [0.3, 0.4) is 0 Å². The zero-order valence-corrected chi connectivity index (χ0v) is 15.2. The van der Waals surface area contributed by atoms with E-state index in [4.69, 9.17) is 4.74 Å². The SMILES string of the molecule is C[C@@H](NC(=O)CNC(=O)c1ncccc1O)c1cccc(N2CCOC2=O)c1. The lowest BCUT2D eigenvalue weighted by molar-refractivity contribution is -0.120. The topological polar surface area (TPSA) is 121 Å². The van der Waals surface area contributed by atoms with Crippen molar-refractivity contribution in [1.29, 1.82) is 0 Å². The molecule has 3 rings (SSSR count). The molecule has 1 atom stereocenters. The van der Waals surface area contributed by atoms with E-state index in [2.05, 4.69) is 15.6 Å². The minimum Gasteiger partial charge on any atom is -0.505 e.